The van der Waals surface area contributed by atoms with Crippen LogP contribution in [0.1, 0.15) is 32.4 Å². The van der Waals surface area contributed by atoms with Gasteiger partial charge < -0.3 is 30.8 Å². The summed E-state index contributed by atoms with van der Waals surface area (Å²) in [5.41, 5.74) is -0.212. The summed E-state index contributed by atoms with van der Waals surface area (Å²) in [4.78, 5) is 23.1. The van der Waals surface area contributed by atoms with Gasteiger partial charge in [-0.3, -0.25) is 4.79 Å². The highest BCUT2D eigenvalue weighted by molar-refractivity contribution is 6.31. The molecular weight excluding hydrogens is 330 g/mol. The van der Waals surface area contributed by atoms with Crippen LogP contribution < -0.4 is 10.6 Å². The number of nitrogens with one attached hydrogen (secondary N) is 2. The van der Waals surface area contributed by atoms with Gasteiger partial charge in [-0.1, -0.05) is 23.4 Å². The maximum atomic E-state index is 11.6. The smallest absolute Gasteiger partial charge is 0.407 e. The number of rotatable bonds is 6. The fourth-order valence-electron chi connectivity index (χ4n) is 1.91. The van der Waals surface area contributed by atoms with E-state index in [0.717, 1.165) is 0 Å². The summed E-state index contributed by atoms with van der Waals surface area (Å²) < 4.78 is 5.04. The number of alkyl carbamates (subject to hydrolysis) is 1. The number of aliphatic hydroxyl groups excluding tert-OH is 2. The first-order chi connectivity index (χ1) is 11.6. The summed E-state index contributed by atoms with van der Waals surface area (Å²) in [5.74, 6) is -0.705. The van der Waals surface area contributed by atoms with Gasteiger partial charge in [-0.2, -0.15) is 0 Å². The molecule has 0 saturated heterocycles. The van der Waals surface area contributed by atoms with E-state index in [1.807, 2.05) is 0 Å². The molecule has 138 valence electrons. The number of hydrogen-bond donors (Lipinski definition) is 5. The third-order valence-electron chi connectivity index (χ3n) is 2.93. The van der Waals surface area contributed by atoms with Crippen LogP contribution in [0.4, 0.5) is 10.5 Å². The van der Waals surface area contributed by atoms with E-state index in [9.17, 15) is 19.8 Å². The maximum Gasteiger partial charge on any atom is 0.407 e. The van der Waals surface area contributed by atoms with Gasteiger partial charge in [-0.15, -0.1) is 0 Å². The van der Waals surface area contributed by atoms with Gasteiger partial charge in [0.05, 0.1) is 0 Å². The van der Waals surface area contributed by atoms with Crippen molar-refractivity contribution in [3.63, 3.8) is 0 Å². The molecule has 0 aliphatic carbocycles. The van der Waals surface area contributed by atoms with Crippen molar-refractivity contribution in [3.05, 3.63) is 29.8 Å². The minimum atomic E-state index is -1.38. The van der Waals surface area contributed by atoms with Gasteiger partial charge in [0.15, 0.2) is 0 Å². The van der Waals surface area contributed by atoms with Crippen LogP contribution in [0.3, 0.4) is 0 Å². The fourth-order valence-corrected chi connectivity index (χ4v) is 1.91. The number of carbonyl (C=O) groups excluding carboxylic acids is 2. The van der Waals surface area contributed by atoms with E-state index in [0.29, 0.717) is 6.21 Å². The Labute approximate surface area is 145 Å². The van der Waals surface area contributed by atoms with E-state index in [1.165, 1.54) is 12.1 Å². The molecule has 0 aromatic heterocycles. The lowest BCUT2D eigenvalue weighted by Crippen LogP contribution is -2.39. The second-order valence-electron chi connectivity index (χ2n) is 6.22. The minimum absolute atomic E-state index is 0.233. The average molecular weight is 353 g/mol. The van der Waals surface area contributed by atoms with E-state index in [-0.39, 0.29) is 17.8 Å². The van der Waals surface area contributed by atoms with Crippen LogP contribution in [0.2, 0.25) is 0 Å². The summed E-state index contributed by atoms with van der Waals surface area (Å²) >= 11 is 0. The van der Waals surface area contributed by atoms with Crippen molar-refractivity contribution >= 4 is 23.9 Å². The zero-order chi connectivity index (χ0) is 19.0. The highest BCUT2D eigenvalue weighted by Gasteiger charge is 2.23. The van der Waals surface area contributed by atoms with Gasteiger partial charge in [0.25, 0.3) is 5.91 Å². The lowest BCUT2D eigenvalue weighted by molar-refractivity contribution is -0.110. The van der Waals surface area contributed by atoms with Crippen LogP contribution in [0.5, 0.6) is 0 Å². The third-order valence-corrected chi connectivity index (χ3v) is 2.93. The molecule has 0 fully saturated rings. The van der Waals surface area contributed by atoms with Gasteiger partial charge in [0, 0.05) is 17.8 Å². The van der Waals surface area contributed by atoms with Crippen molar-refractivity contribution in [3.8, 4) is 0 Å². The lowest BCUT2D eigenvalue weighted by Gasteiger charge is -2.23. The van der Waals surface area contributed by atoms with Gasteiger partial charge in [-0.05, 0) is 26.8 Å². The monoisotopic (exact) mass is 353 g/mol. The molecule has 2 amide bonds. The maximum absolute atomic E-state index is 11.6. The number of aliphatic hydroxyl groups is 2. The number of amides is 2. The summed E-state index contributed by atoms with van der Waals surface area (Å²) in [6, 6.07) is 6.25. The molecule has 0 bridgehead atoms. The number of nitrogens with zero attached hydrogens (tertiary/aromatic N) is 1. The second-order valence-corrected chi connectivity index (χ2v) is 6.22. The fraction of sp³-hybridized carbons (Fsp3) is 0.438. The normalized spacial score (nSPS) is 14.0. The van der Waals surface area contributed by atoms with Gasteiger partial charge in [0.2, 0.25) is 0 Å². The zero-order valence-corrected chi connectivity index (χ0v) is 14.3. The average Bonchev–Trinajstić information content (AvgIpc) is 2.51. The molecule has 0 aliphatic rings. The molecule has 1 rings (SSSR count). The molecule has 0 spiro atoms. The molecule has 9 nitrogen and oxygen atoms in total. The highest BCUT2D eigenvalue weighted by Crippen LogP contribution is 2.25. The Morgan fingerprint density at radius 1 is 1.28 bits per heavy atom. The van der Waals surface area contributed by atoms with Crippen LogP contribution in [-0.2, 0) is 9.53 Å². The lowest BCUT2D eigenvalue weighted by atomic mass is 10.0. The Hall–Kier alpha value is -2.65. The summed E-state index contributed by atoms with van der Waals surface area (Å²) in [7, 11) is 0. The Morgan fingerprint density at radius 2 is 1.92 bits per heavy atom. The number of benzene rings is 1. The number of para-hydroxylation sites is 1. The molecule has 2 atom stereocenters. The molecule has 9 heteroatoms. The van der Waals surface area contributed by atoms with Gasteiger partial charge in [0.1, 0.15) is 24.0 Å². The van der Waals surface area contributed by atoms with Crippen LogP contribution >= 0.6 is 0 Å². The first-order valence-electron chi connectivity index (χ1n) is 7.54. The van der Waals surface area contributed by atoms with Crippen molar-refractivity contribution in [1.82, 2.24) is 5.32 Å². The van der Waals surface area contributed by atoms with Crippen molar-refractivity contribution in [2.75, 3.05) is 11.9 Å². The van der Waals surface area contributed by atoms with Crippen LogP contribution in [0, 0.1) is 0 Å². The van der Waals surface area contributed by atoms with E-state index in [4.69, 9.17) is 9.94 Å². The van der Waals surface area contributed by atoms with Crippen molar-refractivity contribution in [2.45, 2.75) is 38.6 Å². The molecular formula is C16H23N3O6. The Morgan fingerprint density at radius 3 is 2.52 bits per heavy atom. The number of carbonyl (C=O) groups is 2. The number of hydrogen-bond acceptors (Lipinski definition) is 7. The van der Waals surface area contributed by atoms with E-state index in [1.54, 1.807) is 32.9 Å². The molecule has 0 aliphatic heterocycles. The number of oxime groups is 1. The molecule has 0 heterocycles. The van der Waals surface area contributed by atoms with Crippen molar-refractivity contribution in [2.24, 2.45) is 5.16 Å². The molecule has 25 heavy (non-hydrogen) atoms. The Balaban J connectivity index is 2.74. The zero-order valence-electron chi connectivity index (χ0n) is 14.3. The summed E-state index contributed by atoms with van der Waals surface area (Å²) in [6.07, 6.45) is -2.78. The van der Waals surface area contributed by atoms with E-state index in [2.05, 4.69) is 15.8 Å². The SMILES string of the molecule is CC(C)(C)OC(=O)NCC(O)C(O)c1ccccc1NC(=O)C=NO. The predicted octanol–water partition coefficient (Wildman–Crippen LogP) is 1.00. The molecule has 1 aromatic rings. The molecule has 2 unspecified atom stereocenters. The van der Waals surface area contributed by atoms with Crippen LogP contribution in [0.15, 0.2) is 29.4 Å². The van der Waals surface area contributed by atoms with E-state index >= 15 is 0 Å². The first kappa shape index (κ1) is 20.4. The summed E-state index contributed by atoms with van der Waals surface area (Å²) in [6.45, 7) is 4.85. The van der Waals surface area contributed by atoms with Crippen LogP contribution in [0.25, 0.3) is 0 Å². The second kappa shape index (κ2) is 9.00. The van der Waals surface area contributed by atoms with Crippen molar-refractivity contribution < 1.29 is 29.7 Å². The molecule has 0 saturated carbocycles. The Kier molecular flexibility index (Phi) is 7.34. The third kappa shape index (κ3) is 7.19. The van der Waals surface area contributed by atoms with Gasteiger partial charge >= 0.3 is 6.09 Å². The standard InChI is InChI=1S/C16H23N3O6/c1-16(2,3)25-15(23)17-8-12(20)14(22)10-6-4-5-7-11(10)19-13(21)9-18-24/h4-7,9,12,14,20,22,24H,8H2,1-3H3,(H,17,23)(H,19,21). The first-order valence-corrected chi connectivity index (χ1v) is 7.54. The highest BCUT2D eigenvalue weighted by atomic mass is 16.6. The molecule has 1 aromatic carbocycles. The molecule has 0 radical (unpaired) electrons. The number of anilines is 1. The Bertz CT molecular complexity index is 627. The largest absolute Gasteiger partial charge is 0.444 e. The quantitative estimate of drug-likeness (QED) is 0.294. The summed E-state index contributed by atoms with van der Waals surface area (Å²) in [5, 5.41) is 36.1. The predicted molar refractivity (Wildman–Crippen MR) is 90.6 cm³/mol. The van der Waals surface area contributed by atoms with Crippen molar-refractivity contribution in [1.29, 1.82) is 0 Å². The molecule has 5 N–H and O–H groups in total. The number of ether oxygens (including phenoxy) is 1. The van der Waals surface area contributed by atoms with E-state index < -0.39 is 29.8 Å². The van der Waals surface area contributed by atoms with Crippen LogP contribution in [-0.4, -0.2) is 51.9 Å². The van der Waals surface area contributed by atoms with Gasteiger partial charge in [-0.25, -0.2) is 4.79 Å². The topological polar surface area (TPSA) is 140 Å². The minimum Gasteiger partial charge on any atom is -0.444 e.